The maximum absolute atomic E-state index is 13.5. The second kappa shape index (κ2) is 8.49. The highest BCUT2D eigenvalue weighted by Crippen LogP contribution is 2.34. The standard InChI is InChI=1S/C23H30FN5/c1-4-16(5-2)22-21-17(6-3)15-20(28-13-11-25-12-14-28)26-23(21)29(27-22)19-9-7-18(24)8-10-19/h7-10,15-16,25H,4-6,11-14H2,1-3H3. The van der Waals surface area contributed by atoms with Crippen molar-refractivity contribution in [3.8, 4) is 5.69 Å². The highest BCUT2D eigenvalue weighted by atomic mass is 19.1. The molecule has 0 aliphatic carbocycles. The molecule has 3 heterocycles. The molecule has 0 atom stereocenters. The number of piperazine rings is 1. The molecular weight excluding hydrogens is 365 g/mol. The van der Waals surface area contributed by atoms with Gasteiger partial charge >= 0.3 is 0 Å². The van der Waals surface area contributed by atoms with Crippen LogP contribution in [0.4, 0.5) is 10.2 Å². The van der Waals surface area contributed by atoms with Crippen LogP contribution in [0.25, 0.3) is 16.7 Å². The molecule has 1 aliphatic heterocycles. The number of fused-ring (bicyclic) bond motifs is 1. The van der Waals surface area contributed by atoms with Crippen LogP contribution in [-0.2, 0) is 6.42 Å². The molecular formula is C23H30FN5. The molecule has 5 nitrogen and oxygen atoms in total. The molecule has 0 spiro atoms. The van der Waals surface area contributed by atoms with E-state index in [0.717, 1.165) is 68.3 Å². The second-order valence-corrected chi connectivity index (χ2v) is 7.72. The van der Waals surface area contributed by atoms with Gasteiger partial charge in [0, 0.05) is 37.5 Å². The van der Waals surface area contributed by atoms with Gasteiger partial charge in [-0.05, 0) is 55.2 Å². The van der Waals surface area contributed by atoms with Gasteiger partial charge < -0.3 is 10.2 Å². The number of aromatic nitrogens is 3. The van der Waals surface area contributed by atoms with Crippen molar-refractivity contribution in [2.75, 3.05) is 31.1 Å². The number of benzene rings is 1. The van der Waals surface area contributed by atoms with Gasteiger partial charge in [0.1, 0.15) is 11.6 Å². The molecule has 1 aliphatic rings. The molecule has 1 aromatic carbocycles. The summed E-state index contributed by atoms with van der Waals surface area (Å²) in [7, 11) is 0. The fourth-order valence-corrected chi connectivity index (χ4v) is 4.26. The van der Waals surface area contributed by atoms with Crippen molar-refractivity contribution in [2.45, 2.75) is 46.0 Å². The van der Waals surface area contributed by atoms with Gasteiger partial charge in [-0.2, -0.15) is 5.10 Å². The molecule has 3 aromatic rings. The lowest BCUT2D eigenvalue weighted by Gasteiger charge is -2.29. The quantitative estimate of drug-likeness (QED) is 0.670. The second-order valence-electron chi connectivity index (χ2n) is 7.72. The lowest BCUT2D eigenvalue weighted by atomic mass is 9.95. The van der Waals surface area contributed by atoms with Gasteiger partial charge in [0.25, 0.3) is 0 Å². The third-order valence-electron chi connectivity index (χ3n) is 6.00. The third-order valence-corrected chi connectivity index (χ3v) is 6.00. The zero-order chi connectivity index (χ0) is 20.4. The van der Waals surface area contributed by atoms with Gasteiger partial charge in [-0.3, -0.25) is 0 Å². The third kappa shape index (κ3) is 3.73. The molecule has 29 heavy (non-hydrogen) atoms. The average molecular weight is 396 g/mol. The van der Waals surface area contributed by atoms with Crippen molar-refractivity contribution in [1.29, 1.82) is 0 Å². The van der Waals surface area contributed by atoms with Gasteiger partial charge in [-0.15, -0.1) is 0 Å². The molecule has 1 saturated heterocycles. The van der Waals surface area contributed by atoms with Crippen molar-refractivity contribution < 1.29 is 4.39 Å². The van der Waals surface area contributed by atoms with Crippen LogP contribution >= 0.6 is 0 Å². The Morgan fingerprint density at radius 1 is 1.07 bits per heavy atom. The van der Waals surface area contributed by atoms with Crippen LogP contribution in [0.5, 0.6) is 0 Å². The summed E-state index contributed by atoms with van der Waals surface area (Å²) in [6.45, 7) is 10.5. The Bertz CT molecular complexity index is 969. The molecule has 1 fully saturated rings. The van der Waals surface area contributed by atoms with E-state index in [0.29, 0.717) is 5.92 Å². The highest BCUT2D eigenvalue weighted by Gasteiger charge is 2.24. The molecule has 2 aromatic heterocycles. The van der Waals surface area contributed by atoms with Crippen molar-refractivity contribution in [3.63, 3.8) is 0 Å². The molecule has 0 radical (unpaired) electrons. The Balaban J connectivity index is 1.95. The van der Waals surface area contributed by atoms with E-state index in [1.54, 1.807) is 12.1 Å². The van der Waals surface area contributed by atoms with Crippen molar-refractivity contribution in [2.24, 2.45) is 0 Å². The minimum atomic E-state index is -0.242. The van der Waals surface area contributed by atoms with Crippen molar-refractivity contribution in [3.05, 3.63) is 47.4 Å². The molecule has 4 rings (SSSR count). The van der Waals surface area contributed by atoms with Gasteiger partial charge in [-0.25, -0.2) is 14.1 Å². The molecule has 6 heteroatoms. The summed E-state index contributed by atoms with van der Waals surface area (Å²) in [6, 6.07) is 8.78. The Labute approximate surface area is 171 Å². The van der Waals surface area contributed by atoms with Crippen LogP contribution in [0, 0.1) is 5.82 Å². The number of halogens is 1. The van der Waals surface area contributed by atoms with E-state index in [1.165, 1.54) is 23.1 Å². The lowest BCUT2D eigenvalue weighted by molar-refractivity contribution is 0.585. The van der Waals surface area contributed by atoms with E-state index in [-0.39, 0.29) is 5.82 Å². The topological polar surface area (TPSA) is 46.0 Å². The first-order chi connectivity index (χ1) is 14.2. The minimum absolute atomic E-state index is 0.242. The maximum atomic E-state index is 13.5. The SMILES string of the molecule is CCc1cc(N2CCNCC2)nc2c1c(C(CC)CC)nn2-c1ccc(F)cc1. The number of hydrogen-bond acceptors (Lipinski definition) is 4. The zero-order valence-electron chi connectivity index (χ0n) is 17.6. The number of aryl methyl sites for hydroxylation is 1. The minimum Gasteiger partial charge on any atom is -0.354 e. The van der Waals surface area contributed by atoms with Crippen molar-refractivity contribution in [1.82, 2.24) is 20.1 Å². The lowest BCUT2D eigenvalue weighted by Crippen LogP contribution is -2.43. The predicted molar refractivity (Wildman–Crippen MR) is 117 cm³/mol. The largest absolute Gasteiger partial charge is 0.354 e. The van der Waals surface area contributed by atoms with Gasteiger partial charge in [0.05, 0.1) is 11.4 Å². The Hall–Kier alpha value is -2.47. The molecule has 0 saturated carbocycles. The van der Waals surface area contributed by atoms with Gasteiger partial charge in [-0.1, -0.05) is 20.8 Å². The maximum Gasteiger partial charge on any atom is 0.165 e. The number of hydrogen-bond donors (Lipinski definition) is 1. The first-order valence-electron chi connectivity index (χ1n) is 10.8. The summed E-state index contributed by atoms with van der Waals surface area (Å²) in [6.07, 6.45) is 3.00. The van der Waals surface area contributed by atoms with E-state index in [4.69, 9.17) is 10.1 Å². The number of nitrogens with one attached hydrogen (secondary N) is 1. The fraction of sp³-hybridized carbons (Fsp3) is 0.478. The van der Waals surface area contributed by atoms with Crippen molar-refractivity contribution >= 4 is 16.9 Å². The summed E-state index contributed by atoms with van der Waals surface area (Å²) in [5, 5.41) is 9.60. The van der Waals surface area contributed by atoms with Crippen LogP contribution < -0.4 is 10.2 Å². The molecule has 0 amide bonds. The van der Waals surface area contributed by atoms with Crippen LogP contribution in [0.1, 0.15) is 50.8 Å². The van der Waals surface area contributed by atoms with E-state index in [1.807, 2.05) is 4.68 Å². The number of rotatable bonds is 6. The summed E-state index contributed by atoms with van der Waals surface area (Å²) in [5.41, 5.74) is 4.14. The summed E-state index contributed by atoms with van der Waals surface area (Å²) < 4.78 is 15.4. The molecule has 0 unspecified atom stereocenters. The summed E-state index contributed by atoms with van der Waals surface area (Å²) >= 11 is 0. The van der Waals surface area contributed by atoms with E-state index >= 15 is 0 Å². The van der Waals surface area contributed by atoms with E-state index in [2.05, 4.69) is 37.1 Å². The summed E-state index contributed by atoms with van der Waals surface area (Å²) in [5.74, 6) is 1.15. The predicted octanol–water partition coefficient (Wildman–Crippen LogP) is 4.44. The normalized spacial score (nSPS) is 14.9. The fourth-order valence-electron chi connectivity index (χ4n) is 4.26. The Morgan fingerprint density at radius 2 is 1.76 bits per heavy atom. The Morgan fingerprint density at radius 3 is 2.38 bits per heavy atom. The first kappa shape index (κ1) is 19.8. The van der Waals surface area contributed by atoms with Crippen LogP contribution in [-0.4, -0.2) is 40.9 Å². The van der Waals surface area contributed by atoms with E-state index < -0.39 is 0 Å². The Kier molecular flexibility index (Phi) is 5.81. The average Bonchev–Trinajstić information content (AvgIpc) is 3.15. The highest BCUT2D eigenvalue weighted by molar-refractivity contribution is 5.86. The molecule has 1 N–H and O–H groups in total. The monoisotopic (exact) mass is 395 g/mol. The van der Waals surface area contributed by atoms with Gasteiger partial charge in [0.15, 0.2) is 5.65 Å². The number of nitrogens with zero attached hydrogens (tertiary/aromatic N) is 4. The first-order valence-corrected chi connectivity index (χ1v) is 10.8. The van der Waals surface area contributed by atoms with Crippen LogP contribution in [0.15, 0.2) is 30.3 Å². The van der Waals surface area contributed by atoms with Crippen LogP contribution in [0.3, 0.4) is 0 Å². The zero-order valence-corrected chi connectivity index (χ0v) is 17.6. The van der Waals surface area contributed by atoms with Gasteiger partial charge in [0.2, 0.25) is 0 Å². The number of anilines is 1. The molecule has 154 valence electrons. The smallest absolute Gasteiger partial charge is 0.165 e. The number of pyridine rings is 1. The molecule has 0 bridgehead atoms. The van der Waals surface area contributed by atoms with E-state index in [9.17, 15) is 4.39 Å². The summed E-state index contributed by atoms with van der Waals surface area (Å²) in [4.78, 5) is 7.42. The van der Waals surface area contributed by atoms with Crippen LogP contribution in [0.2, 0.25) is 0 Å².